The first kappa shape index (κ1) is 20.7. The van der Waals surface area contributed by atoms with Gasteiger partial charge in [-0.3, -0.25) is 4.90 Å². The van der Waals surface area contributed by atoms with E-state index in [4.69, 9.17) is 9.47 Å². The van der Waals surface area contributed by atoms with E-state index in [0.29, 0.717) is 25.4 Å². The predicted octanol–water partition coefficient (Wildman–Crippen LogP) is 2.90. The van der Waals surface area contributed by atoms with Crippen molar-refractivity contribution in [2.75, 3.05) is 26.8 Å². The Morgan fingerprint density at radius 3 is 2.73 bits per heavy atom. The smallest absolute Gasteiger partial charge is 0.119 e. The lowest BCUT2D eigenvalue weighted by molar-refractivity contribution is -0.219. The quantitative estimate of drug-likeness (QED) is 0.748. The second kappa shape index (κ2) is 7.47. The molecule has 3 aliphatic carbocycles. The Bertz CT molecular complexity index is 793. The number of hydrogen-bond acceptors (Lipinski definition) is 5. The summed E-state index contributed by atoms with van der Waals surface area (Å²) in [5.41, 5.74) is 1.17. The van der Waals surface area contributed by atoms with Crippen molar-refractivity contribution >= 4 is 0 Å². The molecular formula is C25H37NO4. The van der Waals surface area contributed by atoms with Gasteiger partial charge in [0, 0.05) is 31.0 Å². The van der Waals surface area contributed by atoms with Crippen LogP contribution in [0.5, 0.6) is 5.75 Å². The molecule has 2 saturated carbocycles. The van der Waals surface area contributed by atoms with Crippen LogP contribution in [0, 0.1) is 11.8 Å². The van der Waals surface area contributed by atoms with E-state index in [9.17, 15) is 10.2 Å². The highest BCUT2D eigenvalue weighted by molar-refractivity contribution is 5.49. The number of aliphatic hydroxyl groups is 2. The fraction of sp³-hybridized carbons (Fsp3) is 0.760. The van der Waals surface area contributed by atoms with Crippen molar-refractivity contribution in [3.8, 4) is 5.75 Å². The third-order valence-electron chi connectivity index (χ3n) is 8.22. The minimum atomic E-state index is -0.889. The second-order valence-electron chi connectivity index (χ2n) is 10.7. The van der Waals surface area contributed by atoms with Gasteiger partial charge in [0.2, 0.25) is 0 Å². The van der Waals surface area contributed by atoms with Gasteiger partial charge in [-0.15, -0.1) is 0 Å². The van der Waals surface area contributed by atoms with E-state index in [1.807, 2.05) is 6.07 Å². The van der Waals surface area contributed by atoms with E-state index in [1.165, 1.54) is 24.0 Å². The molecule has 1 saturated heterocycles. The topological polar surface area (TPSA) is 62.2 Å². The molecule has 5 rings (SSSR count). The van der Waals surface area contributed by atoms with Crippen LogP contribution in [-0.4, -0.2) is 65.8 Å². The lowest BCUT2D eigenvalue weighted by Crippen LogP contribution is -2.75. The molecule has 5 heteroatoms. The summed E-state index contributed by atoms with van der Waals surface area (Å²) in [5.74, 6) is 2.03. The second-order valence-corrected chi connectivity index (χ2v) is 10.7. The lowest BCUT2D eigenvalue weighted by atomic mass is 9.48. The number of methoxy groups -OCH3 is 1. The van der Waals surface area contributed by atoms with Crippen LogP contribution in [0.3, 0.4) is 0 Å². The van der Waals surface area contributed by atoms with Gasteiger partial charge in [0.15, 0.2) is 0 Å². The Morgan fingerprint density at radius 2 is 2.03 bits per heavy atom. The SMILES string of the molecule is COc1ccc2c(c1)C13CCN(CC4CC4)[C@H](C2)[C@]1(O)C[C@H](OCC(C)C)[C@H](O)C3. The summed E-state index contributed by atoms with van der Waals surface area (Å²) >= 11 is 0. The molecule has 1 aliphatic heterocycles. The molecule has 2 bridgehead atoms. The summed E-state index contributed by atoms with van der Waals surface area (Å²) in [6.07, 6.45) is 4.57. The number of fused-ring (bicyclic) bond motifs is 1. The van der Waals surface area contributed by atoms with E-state index in [0.717, 1.165) is 37.6 Å². The maximum Gasteiger partial charge on any atom is 0.119 e. The average Bonchev–Trinajstić information content (AvgIpc) is 3.53. The van der Waals surface area contributed by atoms with Crippen LogP contribution < -0.4 is 4.74 Å². The zero-order valence-electron chi connectivity index (χ0n) is 18.6. The molecule has 166 valence electrons. The summed E-state index contributed by atoms with van der Waals surface area (Å²) in [6.45, 7) is 6.95. The number of ether oxygens (including phenoxy) is 2. The minimum absolute atomic E-state index is 0.0883. The standard InChI is InChI=1S/C25H37NO4/c1-16(2)15-30-22-13-25(28)23-10-18-6-7-19(29-3)11-20(18)24(25,12-21(22)27)8-9-26(23)14-17-4-5-17/h6-7,11,16-17,21-23,27-28H,4-5,8-10,12-15H2,1-3H3/t21-,22+,23-,24?,25-/m1/s1. The Kier molecular flexibility index (Phi) is 5.17. The summed E-state index contributed by atoms with van der Waals surface area (Å²) in [4.78, 5) is 2.56. The summed E-state index contributed by atoms with van der Waals surface area (Å²) in [6, 6.07) is 6.42. The Hall–Kier alpha value is -1.14. The van der Waals surface area contributed by atoms with Crippen LogP contribution in [0.2, 0.25) is 0 Å². The minimum Gasteiger partial charge on any atom is -0.497 e. The number of hydrogen-bond donors (Lipinski definition) is 2. The van der Waals surface area contributed by atoms with Crippen LogP contribution in [0.15, 0.2) is 18.2 Å². The summed E-state index contributed by atoms with van der Waals surface area (Å²) < 4.78 is 11.7. The molecule has 3 fully saturated rings. The van der Waals surface area contributed by atoms with Crippen molar-refractivity contribution in [2.24, 2.45) is 11.8 Å². The third kappa shape index (κ3) is 3.21. The van der Waals surface area contributed by atoms with Gasteiger partial charge >= 0.3 is 0 Å². The molecule has 5 nitrogen and oxygen atoms in total. The highest BCUT2D eigenvalue weighted by atomic mass is 16.5. The monoisotopic (exact) mass is 415 g/mol. The predicted molar refractivity (Wildman–Crippen MR) is 116 cm³/mol. The van der Waals surface area contributed by atoms with Crippen molar-refractivity contribution in [3.63, 3.8) is 0 Å². The Labute approximate surface area is 180 Å². The number of aliphatic hydroxyl groups excluding tert-OH is 1. The van der Waals surface area contributed by atoms with E-state index >= 15 is 0 Å². The van der Waals surface area contributed by atoms with Crippen LogP contribution in [0.4, 0.5) is 0 Å². The van der Waals surface area contributed by atoms with Gasteiger partial charge < -0.3 is 19.7 Å². The van der Waals surface area contributed by atoms with Gasteiger partial charge in [0.25, 0.3) is 0 Å². The summed E-state index contributed by atoms with van der Waals surface area (Å²) in [7, 11) is 1.70. The van der Waals surface area contributed by atoms with Crippen molar-refractivity contribution in [1.29, 1.82) is 0 Å². The zero-order valence-corrected chi connectivity index (χ0v) is 18.6. The maximum atomic E-state index is 12.5. The van der Waals surface area contributed by atoms with Crippen LogP contribution in [0.25, 0.3) is 0 Å². The van der Waals surface area contributed by atoms with E-state index in [1.54, 1.807) is 7.11 Å². The first-order valence-electron chi connectivity index (χ1n) is 11.8. The highest BCUT2D eigenvalue weighted by Gasteiger charge is 2.66. The molecule has 5 atom stereocenters. The van der Waals surface area contributed by atoms with Crippen molar-refractivity contribution in [2.45, 2.75) is 81.6 Å². The van der Waals surface area contributed by atoms with Gasteiger partial charge in [0.1, 0.15) is 5.75 Å². The van der Waals surface area contributed by atoms with E-state index in [-0.39, 0.29) is 12.1 Å². The number of nitrogens with zero attached hydrogens (tertiary/aromatic N) is 1. The molecule has 1 heterocycles. The lowest BCUT2D eigenvalue weighted by Gasteiger charge is -2.65. The van der Waals surface area contributed by atoms with E-state index < -0.39 is 17.1 Å². The summed E-state index contributed by atoms with van der Waals surface area (Å²) in [5, 5.41) is 23.6. The maximum absolute atomic E-state index is 12.5. The normalized spacial score (nSPS) is 38.3. The first-order valence-corrected chi connectivity index (χ1v) is 11.8. The van der Waals surface area contributed by atoms with Crippen LogP contribution in [0.1, 0.15) is 57.1 Å². The Balaban J connectivity index is 1.55. The van der Waals surface area contributed by atoms with Crippen molar-refractivity contribution in [3.05, 3.63) is 29.3 Å². The molecule has 0 radical (unpaired) electrons. The fourth-order valence-corrected chi connectivity index (χ4v) is 6.50. The molecule has 30 heavy (non-hydrogen) atoms. The number of benzene rings is 1. The number of likely N-dealkylation sites (tertiary alicyclic amines) is 1. The van der Waals surface area contributed by atoms with Crippen molar-refractivity contribution in [1.82, 2.24) is 4.90 Å². The third-order valence-corrected chi connectivity index (χ3v) is 8.22. The molecule has 0 spiro atoms. The molecule has 0 aromatic heterocycles. The molecule has 0 amide bonds. The Morgan fingerprint density at radius 1 is 1.23 bits per heavy atom. The van der Waals surface area contributed by atoms with Gasteiger partial charge in [-0.25, -0.2) is 0 Å². The van der Waals surface area contributed by atoms with E-state index in [2.05, 4.69) is 30.9 Å². The zero-order chi connectivity index (χ0) is 21.1. The fourth-order valence-electron chi connectivity index (χ4n) is 6.50. The molecule has 4 aliphatic rings. The van der Waals surface area contributed by atoms with Crippen LogP contribution >= 0.6 is 0 Å². The molecule has 2 N–H and O–H groups in total. The number of piperidine rings is 1. The van der Waals surface area contributed by atoms with Gasteiger partial charge in [-0.2, -0.15) is 0 Å². The number of rotatable bonds is 6. The highest BCUT2D eigenvalue weighted by Crippen LogP contribution is 2.59. The average molecular weight is 416 g/mol. The molecule has 1 aromatic rings. The first-order chi connectivity index (χ1) is 14.4. The molecule has 1 aromatic carbocycles. The van der Waals surface area contributed by atoms with Gasteiger partial charge in [-0.05, 0) is 73.7 Å². The molecular weight excluding hydrogens is 378 g/mol. The van der Waals surface area contributed by atoms with Crippen LogP contribution in [-0.2, 0) is 16.6 Å². The van der Waals surface area contributed by atoms with Gasteiger partial charge in [-0.1, -0.05) is 19.9 Å². The molecule has 1 unspecified atom stereocenters. The van der Waals surface area contributed by atoms with Gasteiger partial charge in [0.05, 0.1) is 24.9 Å². The van der Waals surface area contributed by atoms with Crippen molar-refractivity contribution < 1.29 is 19.7 Å². The largest absolute Gasteiger partial charge is 0.497 e.